The Kier molecular flexibility index (Phi) is 4.89. The lowest BCUT2D eigenvalue weighted by Crippen LogP contribution is -2.37. The van der Waals surface area contributed by atoms with Gasteiger partial charge in [-0.25, -0.2) is 4.98 Å². The number of rotatable bonds is 5. The normalized spacial score (nSPS) is 15.9. The van der Waals surface area contributed by atoms with E-state index in [4.69, 9.17) is 15.7 Å². The second-order valence-corrected chi connectivity index (χ2v) is 4.34. The van der Waals surface area contributed by atoms with E-state index in [0.29, 0.717) is 11.5 Å². The molecule has 0 spiro atoms. The summed E-state index contributed by atoms with van der Waals surface area (Å²) in [6.07, 6.45) is 2.44. The molecule has 7 heteroatoms. The van der Waals surface area contributed by atoms with Crippen LogP contribution in [0, 0.1) is 11.3 Å². The molecule has 1 aliphatic rings. The largest absolute Gasteiger partial charge is 0.382 e. The summed E-state index contributed by atoms with van der Waals surface area (Å²) in [7, 11) is 0. The Morgan fingerprint density at radius 3 is 2.95 bits per heavy atom. The van der Waals surface area contributed by atoms with Gasteiger partial charge in [-0.05, 0) is 13.0 Å². The molecule has 0 bridgehead atoms. The molecule has 3 N–H and O–H groups in total. The summed E-state index contributed by atoms with van der Waals surface area (Å²) < 4.78 is 5.29. The van der Waals surface area contributed by atoms with E-state index in [1.165, 1.54) is 6.20 Å². The number of nitrogens with two attached hydrogens (primary N) is 1. The fourth-order valence-corrected chi connectivity index (χ4v) is 1.89. The van der Waals surface area contributed by atoms with Crippen molar-refractivity contribution in [1.29, 1.82) is 5.26 Å². The summed E-state index contributed by atoms with van der Waals surface area (Å²) >= 11 is 0. The molecule has 2 heterocycles. The minimum absolute atomic E-state index is 0.216. The van der Waals surface area contributed by atoms with Crippen LogP contribution in [-0.2, 0) is 4.74 Å². The van der Waals surface area contributed by atoms with Crippen LogP contribution in [0.1, 0.15) is 12.0 Å². The fraction of sp³-hybridized carbons (Fsp3) is 0.583. The van der Waals surface area contributed by atoms with Crippen molar-refractivity contribution < 1.29 is 4.74 Å². The highest BCUT2D eigenvalue weighted by Crippen LogP contribution is 2.08. The highest BCUT2D eigenvalue weighted by atomic mass is 16.5. The minimum Gasteiger partial charge on any atom is -0.382 e. The maximum absolute atomic E-state index is 8.72. The first-order valence-electron chi connectivity index (χ1n) is 6.36. The van der Waals surface area contributed by atoms with Gasteiger partial charge in [0.05, 0.1) is 19.4 Å². The number of nitrogen functional groups attached to an aromatic ring is 1. The second-order valence-electron chi connectivity index (χ2n) is 4.34. The smallest absolute Gasteiger partial charge is 0.224 e. The van der Waals surface area contributed by atoms with E-state index in [9.17, 15) is 0 Å². The van der Waals surface area contributed by atoms with Gasteiger partial charge < -0.3 is 15.8 Å². The topological polar surface area (TPSA) is 100 Å². The molecule has 1 fully saturated rings. The zero-order chi connectivity index (χ0) is 13.5. The standard InChI is InChI=1S/C12H18N6O/c13-8-10-9-16-12(17-11(10)14)15-2-1-3-18-4-6-19-7-5-18/h9H,1-7H2,(H3,14,15,16,17). The number of anilines is 2. The van der Waals surface area contributed by atoms with Crippen molar-refractivity contribution >= 4 is 11.8 Å². The number of nitrogens with zero attached hydrogens (tertiary/aromatic N) is 4. The average Bonchev–Trinajstić information content (AvgIpc) is 2.45. The van der Waals surface area contributed by atoms with Gasteiger partial charge in [-0.1, -0.05) is 0 Å². The summed E-state index contributed by atoms with van der Waals surface area (Å²) in [5.41, 5.74) is 5.92. The van der Waals surface area contributed by atoms with Crippen LogP contribution >= 0.6 is 0 Å². The molecular formula is C12H18N6O. The van der Waals surface area contributed by atoms with Crippen molar-refractivity contribution in [2.75, 3.05) is 50.4 Å². The van der Waals surface area contributed by atoms with E-state index in [2.05, 4.69) is 20.2 Å². The van der Waals surface area contributed by atoms with Crippen LogP contribution in [0.25, 0.3) is 0 Å². The van der Waals surface area contributed by atoms with Crippen LogP contribution in [0.3, 0.4) is 0 Å². The van der Waals surface area contributed by atoms with Crippen molar-refractivity contribution in [3.63, 3.8) is 0 Å². The molecule has 1 saturated heterocycles. The number of nitrogens with one attached hydrogen (secondary N) is 1. The number of morpholine rings is 1. The molecule has 1 aromatic rings. The molecule has 0 atom stereocenters. The van der Waals surface area contributed by atoms with Crippen LogP contribution in [0.15, 0.2) is 6.20 Å². The Morgan fingerprint density at radius 1 is 1.47 bits per heavy atom. The van der Waals surface area contributed by atoms with E-state index in [0.717, 1.165) is 45.8 Å². The molecule has 1 aromatic heterocycles. The first kappa shape index (κ1) is 13.5. The first-order chi connectivity index (χ1) is 9.29. The van der Waals surface area contributed by atoms with Gasteiger partial charge in [-0.15, -0.1) is 0 Å². The average molecular weight is 262 g/mol. The fourth-order valence-electron chi connectivity index (χ4n) is 1.89. The van der Waals surface area contributed by atoms with E-state index in [-0.39, 0.29) is 5.82 Å². The lowest BCUT2D eigenvalue weighted by Gasteiger charge is -2.26. The quantitative estimate of drug-likeness (QED) is 0.724. The zero-order valence-corrected chi connectivity index (χ0v) is 10.8. The van der Waals surface area contributed by atoms with Crippen LogP contribution in [-0.4, -0.2) is 54.3 Å². The van der Waals surface area contributed by atoms with E-state index < -0.39 is 0 Å². The molecule has 0 amide bonds. The maximum Gasteiger partial charge on any atom is 0.224 e. The van der Waals surface area contributed by atoms with E-state index in [1.54, 1.807) is 0 Å². The third-order valence-corrected chi connectivity index (χ3v) is 2.98. The molecule has 0 unspecified atom stereocenters. The van der Waals surface area contributed by atoms with Gasteiger partial charge >= 0.3 is 0 Å². The molecular weight excluding hydrogens is 244 g/mol. The Balaban J connectivity index is 1.70. The van der Waals surface area contributed by atoms with Gasteiger partial charge in [-0.3, -0.25) is 4.90 Å². The molecule has 0 aliphatic carbocycles. The van der Waals surface area contributed by atoms with Crippen molar-refractivity contribution in [1.82, 2.24) is 14.9 Å². The summed E-state index contributed by atoms with van der Waals surface area (Å²) in [6.45, 7) is 5.46. The van der Waals surface area contributed by atoms with Crippen LogP contribution in [0.4, 0.5) is 11.8 Å². The third kappa shape index (κ3) is 4.05. The lowest BCUT2D eigenvalue weighted by molar-refractivity contribution is 0.0378. The predicted octanol–water partition coefficient (Wildman–Crippen LogP) is 0.0647. The number of hydrogen-bond acceptors (Lipinski definition) is 7. The van der Waals surface area contributed by atoms with Gasteiger partial charge in [0.2, 0.25) is 5.95 Å². The van der Waals surface area contributed by atoms with Gasteiger partial charge in [0.15, 0.2) is 0 Å². The van der Waals surface area contributed by atoms with Crippen molar-refractivity contribution in [2.45, 2.75) is 6.42 Å². The van der Waals surface area contributed by atoms with Crippen molar-refractivity contribution in [2.24, 2.45) is 0 Å². The van der Waals surface area contributed by atoms with Crippen LogP contribution < -0.4 is 11.1 Å². The molecule has 7 nitrogen and oxygen atoms in total. The van der Waals surface area contributed by atoms with Gasteiger partial charge in [0, 0.05) is 19.6 Å². The van der Waals surface area contributed by atoms with Crippen molar-refractivity contribution in [3.8, 4) is 6.07 Å². The highest BCUT2D eigenvalue weighted by molar-refractivity contribution is 5.49. The highest BCUT2D eigenvalue weighted by Gasteiger charge is 2.09. The summed E-state index contributed by atoms with van der Waals surface area (Å²) in [5, 5.41) is 11.8. The summed E-state index contributed by atoms with van der Waals surface area (Å²) in [5.74, 6) is 0.687. The van der Waals surface area contributed by atoms with E-state index >= 15 is 0 Å². The van der Waals surface area contributed by atoms with Crippen molar-refractivity contribution in [3.05, 3.63) is 11.8 Å². The monoisotopic (exact) mass is 262 g/mol. The van der Waals surface area contributed by atoms with Gasteiger partial charge in [0.25, 0.3) is 0 Å². The van der Waals surface area contributed by atoms with Gasteiger partial charge in [-0.2, -0.15) is 10.2 Å². The maximum atomic E-state index is 8.72. The minimum atomic E-state index is 0.216. The Hall–Kier alpha value is -1.91. The Morgan fingerprint density at radius 2 is 2.26 bits per heavy atom. The number of ether oxygens (including phenoxy) is 1. The third-order valence-electron chi connectivity index (χ3n) is 2.98. The SMILES string of the molecule is N#Cc1cnc(NCCCN2CCOCC2)nc1N. The molecule has 19 heavy (non-hydrogen) atoms. The first-order valence-corrected chi connectivity index (χ1v) is 6.36. The Bertz CT molecular complexity index is 452. The summed E-state index contributed by atoms with van der Waals surface area (Å²) in [4.78, 5) is 10.4. The van der Waals surface area contributed by atoms with Crippen LogP contribution in [0.5, 0.6) is 0 Å². The van der Waals surface area contributed by atoms with Gasteiger partial charge in [0.1, 0.15) is 17.5 Å². The summed E-state index contributed by atoms with van der Waals surface area (Å²) in [6, 6.07) is 1.94. The molecule has 0 aromatic carbocycles. The lowest BCUT2D eigenvalue weighted by atomic mass is 10.3. The number of aromatic nitrogens is 2. The predicted molar refractivity (Wildman–Crippen MR) is 71.5 cm³/mol. The number of hydrogen-bond donors (Lipinski definition) is 2. The van der Waals surface area contributed by atoms with Crippen LogP contribution in [0.2, 0.25) is 0 Å². The van der Waals surface area contributed by atoms with E-state index in [1.807, 2.05) is 6.07 Å². The molecule has 1 aliphatic heterocycles. The second kappa shape index (κ2) is 6.87. The molecule has 0 saturated carbocycles. The molecule has 0 radical (unpaired) electrons. The molecule has 2 rings (SSSR count). The molecule has 102 valence electrons. The Labute approximate surface area is 112 Å². The zero-order valence-electron chi connectivity index (χ0n) is 10.8. The number of nitriles is 1.